The number of anilines is 1. The molecule has 1 aromatic carbocycles. The maximum atomic E-state index is 12.3. The van der Waals surface area contributed by atoms with Crippen molar-refractivity contribution in [3.05, 3.63) is 29.3 Å². The van der Waals surface area contributed by atoms with Crippen molar-refractivity contribution in [3.8, 4) is 0 Å². The predicted octanol–water partition coefficient (Wildman–Crippen LogP) is 4.25. The molecule has 0 spiro atoms. The van der Waals surface area contributed by atoms with E-state index in [-0.39, 0.29) is 11.3 Å². The fourth-order valence-corrected chi connectivity index (χ4v) is 2.14. The van der Waals surface area contributed by atoms with Gasteiger partial charge in [0.25, 0.3) is 0 Å². The van der Waals surface area contributed by atoms with Gasteiger partial charge in [0.2, 0.25) is 5.91 Å². The second-order valence-electron chi connectivity index (χ2n) is 7.49. The molecule has 1 aromatic rings. The van der Waals surface area contributed by atoms with Crippen LogP contribution >= 0.6 is 0 Å². The summed E-state index contributed by atoms with van der Waals surface area (Å²) in [5.74, 6) is 0.704. The Morgan fingerprint density at radius 1 is 1.10 bits per heavy atom. The van der Waals surface area contributed by atoms with Crippen molar-refractivity contribution in [1.82, 2.24) is 0 Å². The second-order valence-corrected chi connectivity index (χ2v) is 7.49. The number of hydrogen-bond donors (Lipinski definition) is 2. The molecule has 21 heavy (non-hydrogen) atoms. The molecule has 0 saturated carbocycles. The highest BCUT2D eigenvalue weighted by atomic mass is 16.2. The van der Waals surface area contributed by atoms with Crippen LogP contribution in [-0.2, 0) is 4.79 Å². The summed E-state index contributed by atoms with van der Waals surface area (Å²) in [5, 5.41) is 3.00. The van der Waals surface area contributed by atoms with Crippen LogP contribution in [0.25, 0.3) is 0 Å². The average molecular weight is 290 g/mol. The predicted molar refractivity (Wildman–Crippen MR) is 90.7 cm³/mol. The highest BCUT2D eigenvalue weighted by Gasteiger charge is 2.28. The zero-order valence-corrected chi connectivity index (χ0v) is 14.4. The molecular formula is C18H30N2O. The third-order valence-corrected chi connectivity index (χ3v) is 3.84. The van der Waals surface area contributed by atoms with Crippen molar-refractivity contribution in [2.24, 2.45) is 11.1 Å². The number of hydrogen-bond acceptors (Lipinski definition) is 2. The minimum atomic E-state index is -0.526. The Morgan fingerprint density at radius 3 is 2.10 bits per heavy atom. The lowest BCUT2D eigenvalue weighted by molar-refractivity contribution is -0.119. The van der Waals surface area contributed by atoms with Gasteiger partial charge in [0.15, 0.2) is 0 Å². The minimum absolute atomic E-state index is 0.123. The van der Waals surface area contributed by atoms with E-state index >= 15 is 0 Å². The molecule has 0 saturated heterocycles. The van der Waals surface area contributed by atoms with E-state index < -0.39 is 6.04 Å². The number of carbonyl (C=O) groups is 1. The van der Waals surface area contributed by atoms with Crippen LogP contribution in [0.2, 0.25) is 0 Å². The Balaban J connectivity index is 3.06. The van der Waals surface area contributed by atoms with E-state index in [1.807, 2.05) is 26.8 Å². The number of nitrogens with one attached hydrogen (secondary N) is 1. The van der Waals surface area contributed by atoms with E-state index in [0.29, 0.717) is 11.8 Å². The van der Waals surface area contributed by atoms with Gasteiger partial charge in [0.05, 0.1) is 6.04 Å². The first-order chi connectivity index (χ1) is 9.54. The van der Waals surface area contributed by atoms with Gasteiger partial charge in [-0.05, 0) is 34.4 Å². The van der Waals surface area contributed by atoms with Gasteiger partial charge in [0, 0.05) is 5.69 Å². The number of rotatable bonds is 4. The van der Waals surface area contributed by atoms with Crippen molar-refractivity contribution in [1.29, 1.82) is 0 Å². The molecule has 3 heteroatoms. The molecular weight excluding hydrogens is 260 g/mol. The second kappa shape index (κ2) is 6.61. The number of amides is 1. The Morgan fingerprint density at radius 2 is 1.67 bits per heavy atom. The number of carbonyl (C=O) groups excluding carboxylic acids is 1. The van der Waals surface area contributed by atoms with E-state index in [1.54, 1.807) is 0 Å². The number of nitrogens with two attached hydrogens (primary N) is 1. The van der Waals surface area contributed by atoms with Gasteiger partial charge >= 0.3 is 0 Å². The molecule has 0 aliphatic rings. The standard InChI is InChI=1S/C18H30N2O/c1-11(2)13-8-9-15(14(10-13)12(3)4)20-17(21)16(19)18(5,6)7/h8-12,16H,19H2,1-7H3,(H,20,21)/t16-/m1/s1. The first-order valence-electron chi connectivity index (χ1n) is 7.74. The van der Waals surface area contributed by atoms with Gasteiger partial charge in [-0.1, -0.05) is 60.6 Å². The lowest BCUT2D eigenvalue weighted by Gasteiger charge is -2.26. The first-order valence-corrected chi connectivity index (χ1v) is 7.74. The highest BCUT2D eigenvalue weighted by molar-refractivity contribution is 5.96. The maximum Gasteiger partial charge on any atom is 0.241 e. The van der Waals surface area contributed by atoms with Crippen molar-refractivity contribution in [3.63, 3.8) is 0 Å². The summed E-state index contributed by atoms with van der Waals surface area (Å²) in [7, 11) is 0. The molecule has 3 N–H and O–H groups in total. The Labute approximate surface area is 129 Å². The van der Waals surface area contributed by atoms with Gasteiger partial charge in [-0.3, -0.25) is 4.79 Å². The third-order valence-electron chi connectivity index (χ3n) is 3.84. The van der Waals surface area contributed by atoms with Crippen molar-refractivity contribution >= 4 is 11.6 Å². The van der Waals surface area contributed by atoms with Gasteiger partial charge in [0.1, 0.15) is 0 Å². The summed E-state index contributed by atoms with van der Waals surface area (Å²) in [5.41, 5.74) is 9.11. The molecule has 0 fully saturated rings. The van der Waals surface area contributed by atoms with Crippen LogP contribution in [0.15, 0.2) is 18.2 Å². The van der Waals surface area contributed by atoms with Crippen molar-refractivity contribution in [2.45, 2.75) is 66.3 Å². The number of benzene rings is 1. The molecule has 0 aromatic heterocycles. The molecule has 0 bridgehead atoms. The summed E-state index contributed by atoms with van der Waals surface area (Å²) < 4.78 is 0. The molecule has 3 nitrogen and oxygen atoms in total. The van der Waals surface area contributed by atoms with Gasteiger partial charge < -0.3 is 11.1 Å². The smallest absolute Gasteiger partial charge is 0.241 e. The van der Waals surface area contributed by atoms with E-state index in [2.05, 4.69) is 45.1 Å². The minimum Gasteiger partial charge on any atom is -0.324 e. The molecule has 0 unspecified atom stereocenters. The van der Waals surface area contributed by atoms with Gasteiger partial charge in [-0.2, -0.15) is 0 Å². The van der Waals surface area contributed by atoms with E-state index in [4.69, 9.17) is 5.73 Å². The summed E-state index contributed by atoms with van der Waals surface area (Å²) in [6.07, 6.45) is 0. The van der Waals surface area contributed by atoms with Crippen LogP contribution in [0, 0.1) is 5.41 Å². The van der Waals surface area contributed by atoms with E-state index in [9.17, 15) is 4.79 Å². The van der Waals surface area contributed by atoms with Crippen molar-refractivity contribution < 1.29 is 4.79 Å². The van der Waals surface area contributed by atoms with Crippen LogP contribution < -0.4 is 11.1 Å². The first kappa shape index (κ1) is 17.7. The summed E-state index contributed by atoms with van der Waals surface area (Å²) in [4.78, 5) is 12.3. The quantitative estimate of drug-likeness (QED) is 0.871. The van der Waals surface area contributed by atoms with Gasteiger partial charge in [-0.25, -0.2) is 0 Å². The SMILES string of the molecule is CC(C)c1ccc(NC(=O)[C@@H](N)C(C)(C)C)c(C(C)C)c1. The topological polar surface area (TPSA) is 55.1 Å². The molecule has 1 atom stereocenters. The molecule has 1 amide bonds. The molecule has 1 rings (SSSR count). The Kier molecular flexibility index (Phi) is 5.57. The van der Waals surface area contributed by atoms with Crippen LogP contribution in [-0.4, -0.2) is 11.9 Å². The zero-order chi connectivity index (χ0) is 16.4. The monoisotopic (exact) mass is 290 g/mol. The summed E-state index contributed by atoms with van der Waals surface area (Å²) >= 11 is 0. The molecule has 0 radical (unpaired) electrons. The Hall–Kier alpha value is -1.35. The van der Waals surface area contributed by atoms with E-state index in [1.165, 1.54) is 5.56 Å². The zero-order valence-electron chi connectivity index (χ0n) is 14.4. The molecule has 0 aliphatic carbocycles. The normalized spacial score (nSPS) is 13.6. The largest absolute Gasteiger partial charge is 0.324 e. The fourth-order valence-electron chi connectivity index (χ4n) is 2.14. The summed E-state index contributed by atoms with van der Waals surface area (Å²) in [6, 6.07) is 5.74. The van der Waals surface area contributed by atoms with Crippen LogP contribution in [0.5, 0.6) is 0 Å². The van der Waals surface area contributed by atoms with Gasteiger partial charge in [-0.15, -0.1) is 0 Å². The highest BCUT2D eigenvalue weighted by Crippen LogP contribution is 2.29. The van der Waals surface area contributed by atoms with Crippen LogP contribution in [0.4, 0.5) is 5.69 Å². The average Bonchev–Trinajstić information content (AvgIpc) is 2.36. The Bertz CT molecular complexity index is 498. The molecule has 0 heterocycles. The molecule has 118 valence electrons. The summed E-state index contributed by atoms with van der Waals surface area (Å²) in [6.45, 7) is 14.5. The van der Waals surface area contributed by atoms with Crippen LogP contribution in [0.3, 0.4) is 0 Å². The maximum absolute atomic E-state index is 12.3. The lowest BCUT2D eigenvalue weighted by Crippen LogP contribution is -2.45. The molecule has 0 aliphatic heterocycles. The lowest BCUT2D eigenvalue weighted by atomic mass is 9.86. The third kappa shape index (κ3) is 4.57. The van der Waals surface area contributed by atoms with Crippen LogP contribution in [0.1, 0.15) is 71.4 Å². The van der Waals surface area contributed by atoms with Crippen molar-refractivity contribution in [2.75, 3.05) is 5.32 Å². The fraction of sp³-hybridized carbons (Fsp3) is 0.611. The van der Waals surface area contributed by atoms with E-state index in [0.717, 1.165) is 11.3 Å².